The second-order valence-corrected chi connectivity index (χ2v) is 9.82. The molecule has 38 heavy (non-hydrogen) atoms. The molecule has 2 aliphatic heterocycles. The molecule has 0 aliphatic carbocycles. The molecule has 2 amide bonds. The highest BCUT2D eigenvalue weighted by Gasteiger charge is 2.28. The summed E-state index contributed by atoms with van der Waals surface area (Å²) >= 11 is 0. The maximum atomic E-state index is 12.9. The zero-order valence-electron chi connectivity index (χ0n) is 21.6. The highest BCUT2D eigenvalue weighted by molar-refractivity contribution is 6.01. The molecule has 12 heteroatoms. The predicted molar refractivity (Wildman–Crippen MR) is 136 cm³/mol. The van der Waals surface area contributed by atoms with Gasteiger partial charge < -0.3 is 35.3 Å². The summed E-state index contributed by atoms with van der Waals surface area (Å²) in [5, 5.41) is 20.7. The molecule has 1 aromatic rings. The molecule has 208 valence electrons. The van der Waals surface area contributed by atoms with E-state index in [1.165, 1.54) is 4.90 Å². The summed E-state index contributed by atoms with van der Waals surface area (Å²) in [6.45, 7) is 3.68. The smallest absolute Gasteiger partial charge is 0.407 e. The number of oxime groups is 1. The Bertz CT molecular complexity index is 1010. The molecule has 1 unspecified atom stereocenters. The lowest BCUT2D eigenvalue weighted by molar-refractivity contribution is -0.155. The molecule has 1 aromatic carbocycles. The number of likely N-dealkylation sites (tertiary alicyclic amines) is 2. The van der Waals surface area contributed by atoms with Crippen LogP contribution in [0.25, 0.3) is 0 Å². The lowest BCUT2D eigenvalue weighted by Crippen LogP contribution is -2.43. The number of esters is 1. The van der Waals surface area contributed by atoms with E-state index >= 15 is 0 Å². The van der Waals surface area contributed by atoms with E-state index in [1.807, 2.05) is 0 Å². The molecule has 0 bridgehead atoms. The van der Waals surface area contributed by atoms with Gasteiger partial charge in [-0.2, -0.15) is 0 Å². The Labute approximate surface area is 221 Å². The van der Waals surface area contributed by atoms with E-state index < -0.39 is 18.0 Å². The van der Waals surface area contributed by atoms with Crippen LogP contribution in [0.3, 0.4) is 0 Å². The molecular weight excluding hydrogens is 496 g/mol. The van der Waals surface area contributed by atoms with Crippen LogP contribution in [0.5, 0.6) is 0 Å². The highest BCUT2D eigenvalue weighted by Crippen LogP contribution is 2.20. The summed E-state index contributed by atoms with van der Waals surface area (Å²) in [5.41, 5.74) is 6.48. The maximum absolute atomic E-state index is 12.9. The van der Waals surface area contributed by atoms with Gasteiger partial charge >= 0.3 is 12.1 Å². The molecule has 12 nitrogen and oxygen atoms in total. The SMILES string of the molecule is CC(CC(=O)c1ccc(/C(N)=N/O)cc1)C(=O)N1CCC(OCC(=O)OCC2CCN(C(=O)O)CC2)CC1. The van der Waals surface area contributed by atoms with Crippen molar-refractivity contribution < 1.29 is 39.0 Å². The number of hydrogen-bond acceptors (Lipinski definition) is 8. The number of carbonyl (C=O) groups is 4. The van der Waals surface area contributed by atoms with E-state index in [1.54, 1.807) is 36.1 Å². The minimum absolute atomic E-state index is 0.0491. The van der Waals surface area contributed by atoms with Crippen molar-refractivity contribution in [3.63, 3.8) is 0 Å². The van der Waals surface area contributed by atoms with E-state index in [2.05, 4.69) is 5.16 Å². The summed E-state index contributed by atoms with van der Waals surface area (Å²) in [4.78, 5) is 51.6. The largest absolute Gasteiger partial charge is 0.465 e. The van der Waals surface area contributed by atoms with Crippen LogP contribution in [-0.4, -0.2) is 95.2 Å². The van der Waals surface area contributed by atoms with Crippen LogP contribution >= 0.6 is 0 Å². The molecular formula is C26H36N4O8. The first-order chi connectivity index (χ1) is 18.2. The number of Topliss-reactive ketones (excluding diaryl/α,β-unsaturated/α-hetero) is 1. The number of nitrogens with zero attached hydrogens (tertiary/aromatic N) is 3. The lowest BCUT2D eigenvalue weighted by atomic mass is 9.96. The molecule has 4 N–H and O–H groups in total. The van der Waals surface area contributed by atoms with E-state index in [0.717, 1.165) is 0 Å². The predicted octanol–water partition coefficient (Wildman–Crippen LogP) is 1.93. The first-order valence-electron chi connectivity index (χ1n) is 12.8. The molecule has 0 spiro atoms. The second-order valence-electron chi connectivity index (χ2n) is 9.82. The number of carboxylic acid groups (broad SMARTS) is 1. The average molecular weight is 533 g/mol. The normalized spacial score (nSPS) is 18.2. The first kappa shape index (κ1) is 28.9. The lowest BCUT2D eigenvalue weighted by Gasteiger charge is -2.33. The third-order valence-corrected chi connectivity index (χ3v) is 7.08. The standard InChI is InChI=1S/C26H36N4O8/c1-17(14-22(31)19-2-4-20(5-3-19)24(27)28-36)25(33)29-12-8-21(9-13-29)37-16-23(32)38-15-18-6-10-30(11-7-18)26(34)35/h2-5,17-18,21,36H,6-16H2,1H3,(H2,27,28)(H,34,35). The molecule has 0 aromatic heterocycles. The van der Waals surface area contributed by atoms with Gasteiger partial charge in [0, 0.05) is 49.6 Å². The van der Waals surface area contributed by atoms with Gasteiger partial charge in [-0.1, -0.05) is 36.3 Å². The van der Waals surface area contributed by atoms with Crippen LogP contribution < -0.4 is 5.73 Å². The first-order valence-corrected chi connectivity index (χ1v) is 12.8. The van der Waals surface area contributed by atoms with Gasteiger partial charge in [0.1, 0.15) is 6.61 Å². The van der Waals surface area contributed by atoms with E-state index in [4.69, 9.17) is 25.5 Å². The number of ether oxygens (including phenoxy) is 2. The fourth-order valence-electron chi connectivity index (χ4n) is 4.65. The second kappa shape index (κ2) is 13.8. The van der Waals surface area contributed by atoms with Crippen LogP contribution in [0.1, 0.15) is 54.9 Å². The van der Waals surface area contributed by atoms with Crippen LogP contribution in [0.15, 0.2) is 29.4 Å². The minimum Gasteiger partial charge on any atom is -0.465 e. The summed E-state index contributed by atoms with van der Waals surface area (Å²) in [7, 11) is 0. The van der Waals surface area contributed by atoms with Crippen LogP contribution in [-0.2, 0) is 19.1 Å². The van der Waals surface area contributed by atoms with Crippen molar-refractivity contribution in [2.24, 2.45) is 22.7 Å². The zero-order chi connectivity index (χ0) is 27.7. The number of amidine groups is 1. The molecule has 0 radical (unpaired) electrons. The van der Waals surface area contributed by atoms with Crippen LogP contribution in [0, 0.1) is 11.8 Å². The van der Waals surface area contributed by atoms with Gasteiger partial charge in [0.05, 0.1) is 12.7 Å². The summed E-state index contributed by atoms with van der Waals surface area (Å²) in [6.07, 6.45) is 1.49. The Morgan fingerprint density at radius 1 is 1.00 bits per heavy atom. The van der Waals surface area contributed by atoms with Gasteiger partial charge in [-0.05, 0) is 31.6 Å². The Morgan fingerprint density at radius 3 is 2.16 bits per heavy atom. The van der Waals surface area contributed by atoms with E-state index in [-0.39, 0.29) is 49.2 Å². The molecule has 3 rings (SSSR count). The third kappa shape index (κ3) is 8.17. The monoisotopic (exact) mass is 532 g/mol. The minimum atomic E-state index is -0.923. The fraction of sp³-hybridized carbons (Fsp3) is 0.577. The van der Waals surface area contributed by atoms with Crippen LogP contribution in [0.2, 0.25) is 0 Å². The van der Waals surface area contributed by atoms with E-state index in [9.17, 15) is 19.2 Å². The third-order valence-electron chi connectivity index (χ3n) is 7.08. The molecule has 2 aliphatic rings. The van der Waals surface area contributed by atoms with Gasteiger partial charge in [0.25, 0.3) is 0 Å². The summed E-state index contributed by atoms with van der Waals surface area (Å²) in [5.74, 6) is -1.10. The number of amides is 2. The Kier molecular flexibility index (Phi) is 10.5. The molecule has 0 saturated carbocycles. The Morgan fingerprint density at radius 2 is 1.58 bits per heavy atom. The van der Waals surface area contributed by atoms with Gasteiger partial charge in [0.15, 0.2) is 11.6 Å². The number of nitrogens with two attached hydrogens (primary N) is 1. The van der Waals surface area contributed by atoms with Crippen molar-refractivity contribution in [3.8, 4) is 0 Å². The number of carbonyl (C=O) groups excluding carboxylic acids is 3. The van der Waals surface area contributed by atoms with Gasteiger partial charge in [0.2, 0.25) is 5.91 Å². The zero-order valence-corrected chi connectivity index (χ0v) is 21.6. The van der Waals surface area contributed by atoms with Crippen molar-refractivity contribution in [3.05, 3.63) is 35.4 Å². The topological polar surface area (TPSA) is 172 Å². The van der Waals surface area contributed by atoms with Gasteiger partial charge in [-0.3, -0.25) is 9.59 Å². The molecule has 2 saturated heterocycles. The average Bonchev–Trinajstić information content (AvgIpc) is 2.94. The number of rotatable bonds is 10. The number of hydrogen-bond donors (Lipinski definition) is 3. The van der Waals surface area contributed by atoms with Crippen LogP contribution in [0.4, 0.5) is 4.79 Å². The maximum Gasteiger partial charge on any atom is 0.407 e. The van der Waals surface area contributed by atoms with Crippen molar-refractivity contribution in [1.82, 2.24) is 9.80 Å². The Hall–Kier alpha value is -3.67. The highest BCUT2D eigenvalue weighted by atomic mass is 16.6. The number of benzene rings is 1. The fourth-order valence-corrected chi connectivity index (χ4v) is 4.65. The molecule has 1 atom stereocenters. The van der Waals surface area contributed by atoms with Gasteiger partial charge in [-0.15, -0.1) is 0 Å². The van der Waals surface area contributed by atoms with Crippen molar-refractivity contribution in [1.29, 1.82) is 0 Å². The van der Waals surface area contributed by atoms with Crippen molar-refractivity contribution in [2.45, 2.75) is 45.1 Å². The van der Waals surface area contributed by atoms with Gasteiger partial charge in [-0.25, -0.2) is 9.59 Å². The van der Waals surface area contributed by atoms with Crippen molar-refractivity contribution in [2.75, 3.05) is 39.4 Å². The number of piperidine rings is 2. The summed E-state index contributed by atoms with van der Waals surface area (Å²) in [6, 6.07) is 6.34. The quantitative estimate of drug-likeness (QED) is 0.102. The summed E-state index contributed by atoms with van der Waals surface area (Å²) < 4.78 is 11.0. The van der Waals surface area contributed by atoms with E-state index in [0.29, 0.717) is 63.0 Å². The van der Waals surface area contributed by atoms with Crippen molar-refractivity contribution >= 4 is 29.6 Å². The Balaban J connectivity index is 1.33. The number of ketones is 1. The molecule has 2 heterocycles. The molecule has 2 fully saturated rings.